The van der Waals surface area contributed by atoms with Crippen molar-refractivity contribution in [1.82, 2.24) is 10.6 Å². The van der Waals surface area contributed by atoms with Crippen LogP contribution in [0.15, 0.2) is 0 Å². The maximum atomic E-state index is 14.1. The van der Waals surface area contributed by atoms with E-state index in [1.54, 1.807) is 5.32 Å². The minimum Gasteiger partial charge on any atom is -0.388 e. The van der Waals surface area contributed by atoms with Crippen molar-refractivity contribution >= 4 is 11.9 Å². The second-order valence-electron chi connectivity index (χ2n) is 4.58. The number of alkyl halides is 2. The summed E-state index contributed by atoms with van der Waals surface area (Å²) in [5.41, 5.74) is 2.52. The molecule has 2 unspecified atom stereocenters. The van der Waals surface area contributed by atoms with Gasteiger partial charge in [0.1, 0.15) is 6.10 Å². The molecule has 0 bridgehead atoms. The van der Waals surface area contributed by atoms with Crippen LogP contribution in [0.25, 0.3) is 0 Å². The fourth-order valence-electron chi connectivity index (χ4n) is 1.41. The van der Waals surface area contributed by atoms with Crippen molar-refractivity contribution in [3.05, 3.63) is 0 Å². The normalized spacial score (nSPS) is 33.1. The second-order valence-corrected chi connectivity index (χ2v) is 4.58. The number of aliphatic hydroxyl groups is 1. The number of hydrogen-bond donors (Lipinski definition) is 4. The number of rotatable bonds is 3. The Balaban J connectivity index is 2.62. The lowest BCUT2D eigenvalue weighted by Gasteiger charge is -2.39. The molecule has 0 aromatic heterocycles. The molecule has 1 saturated heterocycles. The monoisotopic (exact) mass is 297 g/mol. The summed E-state index contributed by atoms with van der Waals surface area (Å²) in [6.07, 6.45) is -6.06. The smallest absolute Gasteiger partial charge is 0.323 e. The zero-order valence-electron chi connectivity index (χ0n) is 10.9. The number of carbonyl (C=O) groups excluding carboxylic acids is 2. The zero-order valence-corrected chi connectivity index (χ0v) is 10.9. The Hall–Kier alpha value is -1.36. The Morgan fingerprint density at radius 1 is 1.55 bits per heavy atom. The van der Waals surface area contributed by atoms with Crippen LogP contribution in [-0.2, 0) is 14.3 Å². The number of ether oxygens (including phenoxy) is 2. The van der Waals surface area contributed by atoms with Gasteiger partial charge in [-0.1, -0.05) is 0 Å². The van der Waals surface area contributed by atoms with Gasteiger partial charge in [0.2, 0.25) is 6.30 Å². The predicted octanol–water partition coefficient (Wildman–Crippen LogP) is -1.13. The van der Waals surface area contributed by atoms with Gasteiger partial charge >= 0.3 is 6.03 Å². The van der Waals surface area contributed by atoms with Gasteiger partial charge in [-0.25, -0.2) is 13.6 Å². The molecule has 1 heterocycles. The summed E-state index contributed by atoms with van der Waals surface area (Å²) in [7, 11) is 0. The van der Waals surface area contributed by atoms with E-state index >= 15 is 0 Å². The molecule has 0 radical (unpaired) electrons. The standard InChI is InChI=1S/C10H17F2N3O5/c1-4(16)7-19-3-10(2,12)8(20-7)15-9(18)14-6(17)5(11)13/h4-5,7-8,16H,3,13H2,1-2H3,(H2,14,15,17,18)/t4-,5?,7+,8+,10?/m0/s1. The largest absolute Gasteiger partial charge is 0.388 e. The van der Waals surface area contributed by atoms with Gasteiger partial charge in [0.25, 0.3) is 5.91 Å². The number of nitrogens with two attached hydrogens (primary N) is 1. The summed E-state index contributed by atoms with van der Waals surface area (Å²) in [6, 6.07) is -1.18. The van der Waals surface area contributed by atoms with Crippen LogP contribution in [0.1, 0.15) is 13.8 Å². The first-order chi connectivity index (χ1) is 9.13. The van der Waals surface area contributed by atoms with Crippen molar-refractivity contribution in [1.29, 1.82) is 0 Å². The molecule has 5 N–H and O–H groups in total. The van der Waals surface area contributed by atoms with E-state index in [1.807, 2.05) is 5.32 Å². The average Bonchev–Trinajstić information content (AvgIpc) is 2.31. The molecule has 1 aliphatic heterocycles. The molecule has 0 saturated carbocycles. The fraction of sp³-hybridized carbons (Fsp3) is 0.800. The third-order valence-electron chi connectivity index (χ3n) is 2.49. The third-order valence-corrected chi connectivity index (χ3v) is 2.49. The maximum Gasteiger partial charge on any atom is 0.323 e. The Labute approximate surface area is 113 Å². The van der Waals surface area contributed by atoms with Crippen molar-refractivity contribution in [2.75, 3.05) is 6.61 Å². The SMILES string of the molecule is C[C@H](O)[C@@H]1OCC(C)(F)[C@H](NC(=O)NC(=O)C(N)F)O1. The first-order valence-corrected chi connectivity index (χ1v) is 5.78. The van der Waals surface area contributed by atoms with Crippen LogP contribution in [-0.4, -0.2) is 54.2 Å². The van der Waals surface area contributed by atoms with Gasteiger partial charge in [-0.05, 0) is 13.8 Å². The highest BCUT2D eigenvalue weighted by Crippen LogP contribution is 2.26. The zero-order chi connectivity index (χ0) is 15.5. The van der Waals surface area contributed by atoms with Gasteiger partial charge < -0.3 is 19.9 Å². The summed E-state index contributed by atoms with van der Waals surface area (Å²) in [5.74, 6) is -1.37. The lowest BCUT2D eigenvalue weighted by Crippen LogP contribution is -2.61. The lowest BCUT2D eigenvalue weighted by atomic mass is 10.1. The van der Waals surface area contributed by atoms with Gasteiger partial charge in [0.05, 0.1) is 6.61 Å². The molecule has 0 aromatic rings. The maximum absolute atomic E-state index is 14.1. The van der Waals surface area contributed by atoms with Crippen LogP contribution >= 0.6 is 0 Å². The quantitative estimate of drug-likeness (QED) is 0.489. The molecule has 1 rings (SSSR count). The number of nitrogens with one attached hydrogen (secondary N) is 2. The van der Waals surface area contributed by atoms with Crippen LogP contribution < -0.4 is 16.4 Å². The molecule has 0 spiro atoms. The molecule has 8 nitrogen and oxygen atoms in total. The van der Waals surface area contributed by atoms with E-state index in [1.165, 1.54) is 6.92 Å². The molecule has 20 heavy (non-hydrogen) atoms. The van der Waals surface area contributed by atoms with Gasteiger partial charge in [-0.15, -0.1) is 0 Å². The summed E-state index contributed by atoms with van der Waals surface area (Å²) >= 11 is 0. The van der Waals surface area contributed by atoms with E-state index in [9.17, 15) is 23.5 Å². The highest BCUT2D eigenvalue weighted by Gasteiger charge is 2.44. The fourth-order valence-corrected chi connectivity index (χ4v) is 1.41. The Morgan fingerprint density at radius 2 is 2.15 bits per heavy atom. The minimum atomic E-state index is -2.38. The molecular weight excluding hydrogens is 280 g/mol. The third kappa shape index (κ3) is 4.34. The van der Waals surface area contributed by atoms with Crippen LogP contribution in [0.5, 0.6) is 0 Å². The number of aliphatic hydroxyl groups excluding tert-OH is 1. The molecule has 0 aromatic carbocycles. The Kier molecular flexibility index (Phi) is 5.34. The second kappa shape index (κ2) is 6.39. The van der Waals surface area contributed by atoms with Crippen LogP contribution in [0.4, 0.5) is 13.6 Å². The van der Waals surface area contributed by atoms with Crippen molar-refractivity contribution < 1.29 is 33.0 Å². The first-order valence-electron chi connectivity index (χ1n) is 5.78. The van der Waals surface area contributed by atoms with E-state index in [0.29, 0.717) is 0 Å². The molecule has 116 valence electrons. The summed E-state index contributed by atoms with van der Waals surface area (Å²) < 4.78 is 36.4. The highest BCUT2D eigenvalue weighted by atomic mass is 19.1. The highest BCUT2D eigenvalue weighted by molar-refractivity contribution is 5.96. The van der Waals surface area contributed by atoms with E-state index < -0.39 is 49.1 Å². The molecular formula is C10H17F2N3O5. The molecule has 10 heteroatoms. The molecule has 1 aliphatic rings. The summed E-state index contributed by atoms with van der Waals surface area (Å²) in [4.78, 5) is 22.2. The average molecular weight is 297 g/mol. The molecule has 1 fully saturated rings. The van der Waals surface area contributed by atoms with Gasteiger partial charge in [-0.2, -0.15) is 0 Å². The van der Waals surface area contributed by atoms with Crippen molar-refractivity contribution in [3.8, 4) is 0 Å². The van der Waals surface area contributed by atoms with Gasteiger partial charge in [0.15, 0.2) is 18.2 Å². The van der Waals surface area contributed by atoms with E-state index in [4.69, 9.17) is 9.47 Å². The number of amides is 3. The van der Waals surface area contributed by atoms with Gasteiger partial charge in [0, 0.05) is 0 Å². The Bertz CT molecular complexity index is 378. The van der Waals surface area contributed by atoms with E-state index in [0.717, 1.165) is 6.92 Å². The number of hydrogen-bond acceptors (Lipinski definition) is 6. The number of imide groups is 1. The van der Waals surface area contributed by atoms with Crippen molar-refractivity contribution in [2.45, 2.75) is 44.4 Å². The van der Waals surface area contributed by atoms with Crippen LogP contribution in [0.3, 0.4) is 0 Å². The molecule has 5 atom stereocenters. The number of carbonyl (C=O) groups is 2. The minimum absolute atomic E-state index is 0.440. The molecule has 3 amide bonds. The number of halogens is 2. The Morgan fingerprint density at radius 3 is 2.65 bits per heavy atom. The molecule has 0 aliphatic carbocycles. The number of urea groups is 1. The van der Waals surface area contributed by atoms with Crippen LogP contribution in [0.2, 0.25) is 0 Å². The van der Waals surface area contributed by atoms with E-state index in [-0.39, 0.29) is 0 Å². The summed E-state index contributed by atoms with van der Waals surface area (Å²) in [6.45, 7) is 2.01. The summed E-state index contributed by atoms with van der Waals surface area (Å²) in [5, 5.41) is 12.9. The van der Waals surface area contributed by atoms with E-state index in [2.05, 4.69) is 5.73 Å². The van der Waals surface area contributed by atoms with Crippen molar-refractivity contribution in [2.24, 2.45) is 5.73 Å². The van der Waals surface area contributed by atoms with Crippen molar-refractivity contribution in [3.63, 3.8) is 0 Å². The first kappa shape index (κ1) is 16.7. The van der Waals surface area contributed by atoms with Gasteiger partial charge in [-0.3, -0.25) is 15.8 Å². The lowest BCUT2D eigenvalue weighted by molar-refractivity contribution is -0.294. The predicted molar refractivity (Wildman–Crippen MR) is 61.6 cm³/mol. The van der Waals surface area contributed by atoms with Crippen LogP contribution in [0, 0.1) is 0 Å². The topological polar surface area (TPSA) is 123 Å².